The summed E-state index contributed by atoms with van der Waals surface area (Å²) in [5.74, 6) is 4.77. The lowest BCUT2D eigenvalue weighted by Crippen LogP contribution is -2.38. The van der Waals surface area contributed by atoms with Crippen molar-refractivity contribution in [1.29, 1.82) is 0 Å². The third-order valence-corrected chi connectivity index (χ3v) is 0.915. The predicted octanol–water partition coefficient (Wildman–Crippen LogP) is -2.10. The Bertz CT molecular complexity index is 155. The Hall–Kier alpha value is -1.30. The number of carbonyl (C=O) groups is 1. The molecule has 0 fully saturated rings. The first-order valence-electron chi connectivity index (χ1n) is 3.24. The monoisotopic (exact) mass is 159 g/mol. The number of aliphatic imine (C=N–C) groups is 1. The lowest BCUT2D eigenvalue weighted by Gasteiger charge is -1.99. The van der Waals surface area contributed by atoms with Gasteiger partial charge in [0.15, 0.2) is 0 Å². The van der Waals surface area contributed by atoms with Gasteiger partial charge in [0.1, 0.15) is 6.54 Å². The van der Waals surface area contributed by atoms with Crippen LogP contribution in [0.4, 0.5) is 0 Å². The summed E-state index contributed by atoms with van der Waals surface area (Å²) in [4.78, 5) is 14.3. The first-order valence-corrected chi connectivity index (χ1v) is 3.24. The summed E-state index contributed by atoms with van der Waals surface area (Å²) >= 11 is 0. The zero-order valence-corrected chi connectivity index (χ0v) is 6.42. The maximum Gasteiger partial charge on any atom is 0.241 e. The lowest BCUT2D eigenvalue weighted by atomic mass is 10.6. The minimum absolute atomic E-state index is 0.00384. The molecule has 0 aliphatic heterocycles. The molecule has 0 bridgehead atoms. The highest BCUT2D eigenvalue weighted by molar-refractivity contribution is 5.83. The molecule has 1 amide bonds. The quantitative estimate of drug-likeness (QED) is 0.164. The molecule has 64 valence electrons. The molecule has 0 radical (unpaired) electrons. The Morgan fingerprint density at radius 2 is 2.27 bits per heavy atom. The maximum absolute atomic E-state index is 10.7. The van der Waals surface area contributed by atoms with Crippen molar-refractivity contribution >= 4 is 11.9 Å². The summed E-state index contributed by atoms with van der Waals surface area (Å²) in [6.45, 7) is 2.42. The lowest BCUT2D eigenvalue weighted by molar-refractivity contribution is -0.119. The fourth-order valence-corrected chi connectivity index (χ4v) is 0.456. The Morgan fingerprint density at radius 1 is 1.64 bits per heavy atom. The van der Waals surface area contributed by atoms with Crippen LogP contribution in [0.25, 0.3) is 0 Å². The highest BCUT2D eigenvalue weighted by atomic mass is 16.1. The van der Waals surface area contributed by atoms with Crippen LogP contribution in [-0.2, 0) is 4.79 Å². The van der Waals surface area contributed by atoms with Crippen LogP contribution >= 0.6 is 0 Å². The first-order chi connectivity index (χ1) is 5.20. The van der Waals surface area contributed by atoms with Gasteiger partial charge >= 0.3 is 0 Å². The van der Waals surface area contributed by atoms with E-state index in [1.807, 2.05) is 6.92 Å². The Labute approximate surface area is 65.0 Å². The average Bonchev–Trinajstić information content (AvgIpc) is 2.01. The normalized spacial score (nSPS) is 10.9. The van der Waals surface area contributed by atoms with E-state index in [-0.39, 0.29) is 18.4 Å². The summed E-state index contributed by atoms with van der Waals surface area (Å²) in [7, 11) is 0. The molecule has 0 spiro atoms. The highest BCUT2D eigenvalue weighted by Crippen LogP contribution is 1.69. The van der Waals surface area contributed by atoms with Crippen LogP contribution in [0.1, 0.15) is 6.92 Å². The molecule has 11 heavy (non-hydrogen) atoms. The summed E-state index contributed by atoms with van der Waals surface area (Å²) in [6, 6.07) is 0. The molecule has 0 aromatic heterocycles. The van der Waals surface area contributed by atoms with Crippen molar-refractivity contribution in [3.63, 3.8) is 0 Å². The molecule has 0 saturated heterocycles. The van der Waals surface area contributed by atoms with E-state index < -0.39 is 0 Å². The minimum atomic E-state index is -0.175. The number of guanidine groups is 1. The van der Waals surface area contributed by atoms with Crippen LogP contribution < -0.4 is 22.3 Å². The predicted molar refractivity (Wildman–Crippen MR) is 42.5 cm³/mol. The summed E-state index contributed by atoms with van der Waals surface area (Å²) in [5, 5.41) is 2.55. The van der Waals surface area contributed by atoms with Gasteiger partial charge in [-0.3, -0.25) is 10.2 Å². The van der Waals surface area contributed by atoms with Crippen molar-refractivity contribution in [2.45, 2.75) is 6.92 Å². The van der Waals surface area contributed by atoms with Crippen LogP contribution in [0, 0.1) is 0 Å². The Morgan fingerprint density at radius 3 is 2.73 bits per heavy atom. The fraction of sp³-hybridized carbons (Fsp3) is 0.600. The molecule has 0 saturated carbocycles. The molecular weight excluding hydrogens is 146 g/mol. The summed E-state index contributed by atoms with van der Waals surface area (Å²) in [6.07, 6.45) is 0. The number of nitrogens with two attached hydrogens (primary N) is 2. The number of hydrogen-bond acceptors (Lipinski definition) is 3. The van der Waals surface area contributed by atoms with Crippen LogP contribution in [0.2, 0.25) is 0 Å². The molecule has 6 heteroatoms. The van der Waals surface area contributed by atoms with Crippen LogP contribution in [0.3, 0.4) is 0 Å². The van der Waals surface area contributed by atoms with E-state index in [1.165, 1.54) is 0 Å². The highest BCUT2D eigenvalue weighted by Gasteiger charge is 1.95. The molecule has 0 unspecified atom stereocenters. The standard InChI is InChI=1S/C5H13N5O/c1-2-8-4(11)3-9-5(6)10-7/h2-3,7H2,1H3,(H,8,11)(H3,6,9,10). The number of hydrazine groups is 1. The number of amides is 1. The molecule has 0 aromatic rings. The SMILES string of the molecule is CCNC(=O)CN=C(N)NN. The van der Waals surface area contributed by atoms with Crippen molar-refractivity contribution < 1.29 is 4.79 Å². The van der Waals surface area contributed by atoms with E-state index in [2.05, 4.69) is 15.7 Å². The molecular formula is C5H13N5O. The third kappa shape index (κ3) is 5.16. The topological polar surface area (TPSA) is 106 Å². The Kier molecular flexibility index (Phi) is 4.83. The van der Waals surface area contributed by atoms with Gasteiger partial charge in [0.2, 0.25) is 11.9 Å². The van der Waals surface area contributed by atoms with Gasteiger partial charge in [-0.15, -0.1) is 0 Å². The number of carbonyl (C=O) groups excluding carboxylic acids is 1. The van der Waals surface area contributed by atoms with Crippen molar-refractivity contribution in [3.05, 3.63) is 0 Å². The first kappa shape index (κ1) is 9.70. The summed E-state index contributed by atoms with van der Waals surface area (Å²) in [5.41, 5.74) is 7.26. The van der Waals surface area contributed by atoms with Gasteiger partial charge in [0.25, 0.3) is 0 Å². The van der Waals surface area contributed by atoms with Crippen LogP contribution in [-0.4, -0.2) is 25.0 Å². The third-order valence-electron chi connectivity index (χ3n) is 0.915. The maximum atomic E-state index is 10.7. The number of likely N-dealkylation sites (N-methyl/N-ethyl adjacent to an activating group) is 1. The van der Waals surface area contributed by atoms with Crippen molar-refractivity contribution in [1.82, 2.24) is 10.7 Å². The second-order valence-corrected chi connectivity index (χ2v) is 1.80. The molecule has 0 rings (SSSR count). The molecule has 0 aromatic carbocycles. The largest absolute Gasteiger partial charge is 0.369 e. The van der Waals surface area contributed by atoms with E-state index >= 15 is 0 Å². The number of rotatable bonds is 3. The minimum Gasteiger partial charge on any atom is -0.369 e. The van der Waals surface area contributed by atoms with Crippen molar-refractivity contribution in [3.8, 4) is 0 Å². The molecule has 0 atom stereocenters. The molecule has 6 nitrogen and oxygen atoms in total. The van der Waals surface area contributed by atoms with Crippen LogP contribution in [0.5, 0.6) is 0 Å². The van der Waals surface area contributed by atoms with E-state index in [0.29, 0.717) is 6.54 Å². The molecule has 0 heterocycles. The smallest absolute Gasteiger partial charge is 0.241 e. The van der Waals surface area contributed by atoms with Gasteiger partial charge < -0.3 is 11.1 Å². The number of nitrogens with one attached hydrogen (secondary N) is 2. The van der Waals surface area contributed by atoms with E-state index in [1.54, 1.807) is 0 Å². The van der Waals surface area contributed by atoms with E-state index in [0.717, 1.165) is 0 Å². The van der Waals surface area contributed by atoms with Gasteiger partial charge in [-0.2, -0.15) is 0 Å². The molecule has 0 aliphatic rings. The molecule has 0 aliphatic carbocycles. The Balaban J connectivity index is 3.60. The van der Waals surface area contributed by atoms with Gasteiger partial charge in [-0.1, -0.05) is 0 Å². The number of nitrogens with zero attached hydrogens (tertiary/aromatic N) is 1. The second-order valence-electron chi connectivity index (χ2n) is 1.80. The van der Waals surface area contributed by atoms with Gasteiger partial charge in [-0.05, 0) is 6.92 Å². The van der Waals surface area contributed by atoms with E-state index in [9.17, 15) is 4.79 Å². The van der Waals surface area contributed by atoms with E-state index in [4.69, 9.17) is 11.6 Å². The molecule has 6 N–H and O–H groups in total. The number of hydrogen-bond donors (Lipinski definition) is 4. The average molecular weight is 159 g/mol. The summed E-state index contributed by atoms with van der Waals surface area (Å²) < 4.78 is 0. The van der Waals surface area contributed by atoms with Gasteiger partial charge in [0.05, 0.1) is 0 Å². The van der Waals surface area contributed by atoms with Crippen LogP contribution in [0.15, 0.2) is 4.99 Å². The van der Waals surface area contributed by atoms with Crippen molar-refractivity contribution in [2.75, 3.05) is 13.1 Å². The fourth-order valence-electron chi connectivity index (χ4n) is 0.456. The van der Waals surface area contributed by atoms with Gasteiger partial charge in [-0.25, -0.2) is 10.8 Å². The van der Waals surface area contributed by atoms with Crippen molar-refractivity contribution in [2.24, 2.45) is 16.6 Å². The zero-order chi connectivity index (χ0) is 8.69. The zero-order valence-electron chi connectivity index (χ0n) is 6.42. The van der Waals surface area contributed by atoms with Gasteiger partial charge in [0, 0.05) is 6.54 Å². The second kappa shape index (κ2) is 5.48.